The molecule has 0 atom stereocenters. The van der Waals surface area contributed by atoms with Crippen LogP contribution in [0.4, 0.5) is 0 Å². The van der Waals surface area contributed by atoms with E-state index in [0.717, 1.165) is 13.8 Å². The number of carboxylic acid groups (broad SMARTS) is 2. The van der Waals surface area contributed by atoms with Crippen molar-refractivity contribution >= 4 is 23.5 Å². The van der Waals surface area contributed by atoms with Crippen LogP contribution in [-0.2, 0) is 19.2 Å². The first-order valence-electron chi connectivity index (χ1n) is 2.74. The molecule has 6 nitrogen and oxygen atoms in total. The average Bonchev–Trinajstić information content (AvgIpc) is 1.88. The molecule has 0 aromatic heterocycles. The molecule has 68 valence electrons. The maximum Gasteiger partial charge on any atom is 1.00 e. The van der Waals surface area contributed by atoms with E-state index in [-0.39, 0.29) is 51.4 Å². The molecular weight excluding hydrogens is 207 g/mol. The zero-order chi connectivity index (χ0) is 10.3. The molecule has 0 aromatic carbocycles. The number of rotatable bonds is 2. The van der Waals surface area contributed by atoms with Crippen LogP contribution in [0.1, 0.15) is 13.8 Å². The maximum atomic E-state index is 9.54. The van der Waals surface area contributed by atoms with E-state index >= 15 is 0 Å². The smallest absolute Gasteiger partial charge is 0.542 e. The van der Waals surface area contributed by atoms with E-state index < -0.39 is 23.5 Å². The van der Waals surface area contributed by atoms with Gasteiger partial charge in [-0.05, 0) is 0 Å². The fourth-order valence-corrected chi connectivity index (χ4v) is 0. The van der Waals surface area contributed by atoms with Crippen LogP contribution in [0.15, 0.2) is 0 Å². The molecule has 0 heterocycles. The van der Waals surface area contributed by atoms with Gasteiger partial charge < -0.3 is 15.0 Å². The summed E-state index contributed by atoms with van der Waals surface area (Å²) in [7, 11) is 0. The zero-order valence-corrected chi connectivity index (χ0v) is 10.6. The Labute approximate surface area is 117 Å². The van der Waals surface area contributed by atoms with Gasteiger partial charge in [0.2, 0.25) is 5.78 Å². The largest absolute Gasteiger partial charge is 1.00 e. The number of carbonyl (C=O) groups is 4. The van der Waals surface area contributed by atoms with Crippen molar-refractivity contribution in [1.82, 2.24) is 0 Å². The third-order valence-corrected chi connectivity index (χ3v) is 0.589. The minimum Gasteiger partial charge on any atom is -0.542 e. The Bertz CT molecular complexity index is 173. The molecule has 0 rings (SSSR count). The number of Topliss-reactive ketones (excluding diaryl/α,β-unsaturated/α-hetero) is 2. The van der Waals surface area contributed by atoms with Gasteiger partial charge in [-0.15, -0.1) is 0 Å². The standard InChI is InChI=1S/2C3H4O3.K/c2*1-2(4)3(5)6;/h2*1H3,(H,5,6);/q;;+1/p-1. The summed E-state index contributed by atoms with van der Waals surface area (Å²) in [4.78, 5) is 37.6. The van der Waals surface area contributed by atoms with Crippen molar-refractivity contribution in [2.24, 2.45) is 0 Å². The molecule has 0 saturated carbocycles. The van der Waals surface area contributed by atoms with Gasteiger partial charge in [0, 0.05) is 13.8 Å². The third kappa shape index (κ3) is 18.7. The Morgan fingerprint density at radius 2 is 1.15 bits per heavy atom. The molecule has 0 aliphatic carbocycles. The molecule has 0 bridgehead atoms. The average molecular weight is 214 g/mol. The first-order chi connectivity index (χ1) is 5.29. The van der Waals surface area contributed by atoms with Crippen molar-refractivity contribution < 1.29 is 80.8 Å². The Morgan fingerprint density at radius 1 is 1.00 bits per heavy atom. The monoisotopic (exact) mass is 214 g/mol. The summed E-state index contributed by atoms with van der Waals surface area (Å²) in [5, 5.41) is 16.9. The molecule has 13 heavy (non-hydrogen) atoms. The molecule has 0 radical (unpaired) electrons. The van der Waals surface area contributed by atoms with Crippen LogP contribution in [0.5, 0.6) is 0 Å². The molecule has 0 aromatic rings. The van der Waals surface area contributed by atoms with Gasteiger partial charge in [0.05, 0.1) is 0 Å². The van der Waals surface area contributed by atoms with Gasteiger partial charge in [-0.2, -0.15) is 0 Å². The fraction of sp³-hybridized carbons (Fsp3) is 0.333. The van der Waals surface area contributed by atoms with Gasteiger partial charge in [0.15, 0.2) is 5.78 Å². The summed E-state index contributed by atoms with van der Waals surface area (Å²) >= 11 is 0. The van der Waals surface area contributed by atoms with Gasteiger partial charge in [0.1, 0.15) is 5.97 Å². The minimum atomic E-state index is -1.63. The second-order valence-electron chi connectivity index (χ2n) is 1.70. The van der Waals surface area contributed by atoms with E-state index in [4.69, 9.17) is 5.11 Å². The molecule has 0 unspecified atom stereocenters. The summed E-state index contributed by atoms with van der Waals surface area (Å²) in [5.74, 6) is -4.77. The number of hydrogen-bond donors (Lipinski definition) is 1. The van der Waals surface area contributed by atoms with Gasteiger partial charge in [-0.25, -0.2) is 4.79 Å². The molecule has 0 aliphatic heterocycles. The van der Waals surface area contributed by atoms with Crippen LogP contribution in [0.2, 0.25) is 0 Å². The number of aliphatic carboxylic acids is 2. The van der Waals surface area contributed by atoms with Gasteiger partial charge >= 0.3 is 57.4 Å². The molecule has 0 saturated heterocycles. The first kappa shape index (κ1) is 18.7. The van der Waals surface area contributed by atoms with E-state index in [1.165, 1.54) is 0 Å². The van der Waals surface area contributed by atoms with Gasteiger partial charge in [0.25, 0.3) is 0 Å². The first-order valence-corrected chi connectivity index (χ1v) is 2.74. The number of carbonyl (C=O) groups excluding carboxylic acids is 3. The van der Waals surface area contributed by atoms with Crippen LogP contribution in [0.25, 0.3) is 0 Å². The zero-order valence-electron chi connectivity index (χ0n) is 7.49. The van der Waals surface area contributed by atoms with Crippen molar-refractivity contribution in [2.45, 2.75) is 13.8 Å². The van der Waals surface area contributed by atoms with Crippen molar-refractivity contribution in [3.05, 3.63) is 0 Å². The van der Waals surface area contributed by atoms with Crippen molar-refractivity contribution in [2.75, 3.05) is 0 Å². The van der Waals surface area contributed by atoms with Gasteiger partial charge in [-0.1, -0.05) is 0 Å². The molecule has 0 fully saturated rings. The van der Waals surface area contributed by atoms with Crippen LogP contribution in [0.3, 0.4) is 0 Å². The normalized spacial score (nSPS) is 6.92. The second-order valence-corrected chi connectivity index (χ2v) is 1.70. The van der Waals surface area contributed by atoms with Crippen LogP contribution >= 0.6 is 0 Å². The Morgan fingerprint density at radius 3 is 1.15 bits per heavy atom. The predicted molar refractivity (Wildman–Crippen MR) is 34.0 cm³/mol. The summed E-state index contributed by atoms with van der Waals surface area (Å²) in [6.07, 6.45) is 0. The van der Waals surface area contributed by atoms with E-state index in [1.807, 2.05) is 0 Å². The molecule has 0 aliphatic rings. The second kappa shape index (κ2) is 10.0. The van der Waals surface area contributed by atoms with Crippen LogP contribution in [0, 0.1) is 0 Å². The number of carboxylic acids is 2. The van der Waals surface area contributed by atoms with Crippen molar-refractivity contribution in [1.29, 1.82) is 0 Å². The van der Waals surface area contributed by atoms with E-state index in [2.05, 4.69) is 0 Å². The quantitative estimate of drug-likeness (QED) is 0.364. The van der Waals surface area contributed by atoms with E-state index in [1.54, 1.807) is 0 Å². The van der Waals surface area contributed by atoms with Crippen molar-refractivity contribution in [3.63, 3.8) is 0 Å². The summed E-state index contributed by atoms with van der Waals surface area (Å²) in [5.41, 5.74) is 0. The Kier molecular flexibility index (Phi) is 14.3. The van der Waals surface area contributed by atoms with E-state index in [9.17, 15) is 24.3 Å². The third-order valence-electron chi connectivity index (χ3n) is 0.589. The minimum absolute atomic E-state index is 0. The SMILES string of the molecule is CC(=O)C(=O)O.CC(=O)C(=O)[O-].[K+]. The van der Waals surface area contributed by atoms with Crippen LogP contribution in [-0.4, -0.2) is 28.6 Å². The van der Waals surface area contributed by atoms with Crippen LogP contribution < -0.4 is 56.5 Å². The summed E-state index contributed by atoms with van der Waals surface area (Å²) < 4.78 is 0. The molecule has 1 N–H and O–H groups in total. The topological polar surface area (TPSA) is 112 Å². The molecule has 7 heteroatoms. The van der Waals surface area contributed by atoms with Crippen molar-refractivity contribution in [3.8, 4) is 0 Å². The Hall–Kier alpha value is -0.0836. The fourth-order valence-electron chi connectivity index (χ4n) is 0. The predicted octanol–water partition coefficient (Wildman–Crippen LogP) is -5.01. The molecular formula is C6H7KO6. The van der Waals surface area contributed by atoms with Gasteiger partial charge in [-0.3, -0.25) is 9.59 Å². The number of ketones is 2. The summed E-state index contributed by atoms with van der Waals surface area (Å²) in [6, 6.07) is 0. The molecule has 0 spiro atoms. The summed E-state index contributed by atoms with van der Waals surface area (Å²) in [6.45, 7) is 1.94. The van der Waals surface area contributed by atoms with E-state index in [0.29, 0.717) is 0 Å². The molecule has 0 amide bonds. The maximum absolute atomic E-state index is 9.54. The number of hydrogen-bond acceptors (Lipinski definition) is 5. The Balaban J connectivity index is -0.000000143.